The fraction of sp³-hybridized carbons (Fsp3) is 0.583. The first-order chi connectivity index (χ1) is 6.77. The van der Waals surface area contributed by atoms with Crippen molar-refractivity contribution in [1.82, 2.24) is 0 Å². The van der Waals surface area contributed by atoms with Crippen molar-refractivity contribution >= 4 is 5.97 Å². The second-order valence-corrected chi connectivity index (χ2v) is 3.00. The quantitative estimate of drug-likeness (QED) is 0.482. The molecule has 0 aromatic carbocycles. The molecule has 0 aliphatic heterocycles. The van der Waals surface area contributed by atoms with Crippen LogP contribution in [0.25, 0.3) is 0 Å². The Morgan fingerprint density at radius 1 is 1.14 bits per heavy atom. The molecule has 2 nitrogen and oxygen atoms in total. The van der Waals surface area contributed by atoms with E-state index in [2.05, 4.69) is 24.7 Å². The minimum absolute atomic E-state index is 0.797. The largest absolute Gasteiger partial charge is 0.537 e. The lowest BCUT2D eigenvalue weighted by Gasteiger charge is -1.93. The Bertz CT molecular complexity index is 270. The van der Waals surface area contributed by atoms with Crippen molar-refractivity contribution in [1.29, 1.82) is 0 Å². The van der Waals surface area contributed by atoms with Gasteiger partial charge in [-0.2, -0.15) is 0 Å². The van der Waals surface area contributed by atoms with Gasteiger partial charge in [0.25, 0.3) is 0 Å². The summed E-state index contributed by atoms with van der Waals surface area (Å²) in [5, 5.41) is 9.85. The van der Waals surface area contributed by atoms with Crippen molar-refractivity contribution in [2.24, 2.45) is 0 Å². The van der Waals surface area contributed by atoms with Gasteiger partial charge >= 0.3 is 0 Å². The molecule has 0 atom stereocenters. The smallest absolute Gasteiger partial charge is 0.117 e. The number of carboxylic acids is 1. The van der Waals surface area contributed by atoms with Crippen LogP contribution < -0.4 is 5.11 Å². The Hall–Kier alpha value is -1.41. The van der Waals surface area contributed by atoms with Crippen LogP contribution in [-0.4, -0.2) is 5.97 Å². The first kappa shape index (κ1) is 12.6. The van der Waals surface area contributed by atoms with Crippen molar-refractivity contribution in [2.75, 3.05) is 0 Å². The molecule has 0 heterocycles. The summed E-state index contributed by atoms with van der Waals surface area (Å²) in [6, 6.07) is 0. The van der Waals surface area contributed by atoms with Gasteiger partial charge in [0, 0.05) is 6.42 Å². The number of aliphatic carboxylic acids is 1. The minimum Gasteiger partial charge on any atom is -0.537 e. The van der Waals surface area contributed by atoms with E-state index in [0.717, 1.165) is 12.8 Å². The standard InChI is InChI=1S/C12H16O2/c1-2-3-4-5-6-7-8-9-10-11-12(13)14/h2-7H2,1H3,(H,13,14)/p-1. The maximum atomic E-state index is 9.85. The highest BCUT2D eigenvalue weighted by Gasteiger charge is 1.85. The van der Waals surface area contributed by atoms with E-state index in [1.54, 1.807) is 0 Å². The predicted molar refractivity (Wildman–Crippen MR) is 53.9 cm³/mol. The van der Waals surface area contributed by atoms with Gasteiger partial charge in [0.05, 0.1) is 0 Å². The summed E-state index contributed by atoms with van der Waals surface area (Å²) in [6.45, 7) is 2.18. The zero-order chi connectivity index (χ0) is 10.6. The molecule has 0 saturated carbocycles. The fourth-order valence-electron chi connectivity index (χ4n) is 1.01. The van der Waals surface area contributed by atoms with Gasteiger partial charge in [0.15, 0.2) is 0 Å². The molecule has 0 aromatic rings. The van der Waals surface area contributed by atoms with Crippen molar-refractivity contribution in [3.05, 3.63) is 0 Å². The second kappa shape index (κ2) is 9.68. The van der Waals surface area contributed by atoms with Crippen LogP contribution in [0.2, 0.25) is 0 Å². The maximum absolute atomic E-state index is 9.85. The van der Waals surface area contributed by atoms with Gasteiger partial charge in [-0.15, -0.1) is 0 Å². The number of hydrogen-bond acceptors (Lipinski definition) is 2. The SMILES string of the molecule is CCCCCCCC#CC#CC(=O)[O-]. The summed E-state index contributed by atoms with van der Waals surface area (Å²) in [5.41, 5.74) is 0. The van der Waals surface area contributed by atoms with Gasteiger partial charge in [0.1, 0.15) is 5.97 Å². The topological polar surface area (TPSA) is 40.1 Å². The third kappa shape index (κ3) is 10.6. The van der Waals surface area contributed by atoms with Gasteiger partial charge in [-0.3, -0.25) is 0 Å². The van der Waals surface area contributed by atoms with Gasteiger partial charge in [-0.1, -0.05) is 38.5 Å². The molecule has 0 spiro atoms. The van der Waals surface area contributed by atoms with E-state index in [4.69, 9.17) is 0 Å². The van der Waals surface area contributed by atoms with Crippen LogP contribution in [0.3, 0.4) is 0 Å². The van der Waals surface area contributed by atoms with E-state index >= 15 is 0 Å². The predicted octanol–water partition coefficient (Wildman–Crippen LogP) is 1.10. The first-order valence-corrected chi connectivity index (χ1v) is 4.97. The van der Waals surface area contributed by atoms with Crippen molar-refractivity contribution < 1.29 is 9.90 Å². The fourth-order valence-corrected chi connectivity index (χ4v) is 1.01. The van der Waals surface area contributed by atoms with Gasteiger partial charge in [-0.25, -0.2) is 0 Å². The van der Waals surface area contributed by atoms with E-state index < -0.39 is 5.97 Å². The molecule has 0 amide bonds. The summed E-state index contributed by atoms with van der Waals surface area (Å²) in [6.07, 6.45) is 6.82. The number of rotatable bonds is 5. The summed E-state index contributed by atoms with van der Waals surface area (Å²) >= 11 is 0. The molecular formula is C12H15O2-. The van der Waals surface area contributed by atoms with Crippen LogP contribution in [0, 0.1) is 23.7 Å². The van der Waals surface area contributed by atoms with Crippen molar-refractivity contribution in [2.45, 2.75) is 45.4 Å². The third-order valence-electron chi connectivity index (χ3n) is 1.72. The lowest BCUT2D eigenvalue weighted by molar-refractivity contribution is -0.295. The molecule has 0 radical (unpaired) electrons. The average molecular weight is 191 g/mol. The van der Waals surface area contributed by atoms with E-state index in [0.29, 0.717) is 0 Å². The Balaban J connectivity index is 3.36. The zero-order valence-electron chi connectivity index (χ0n) is 8.56. The molecule has 0 unspecified atom stereocenters. The average Bonchev–Trinajstić information content (AvgIpc) is 2.15. The van der Waals surface area contributed by atoms with Gasteiger partial charge in [-0.05, 0) is 24.2 Å². The lowest BCUT2D eigenvalue weighted by atomic mass is 10.1. The molecule has 76 valence electrons. The Labute approximate surface area is 85.7 Å². The second-order valence-electron chi connectivity index (χ2n) is 3.00. The van der Waals surface area contributed by atoms with Crippen LogP contribution >= 0.6 is 0 Å². The molecule has 0 aliphatic rings. The molecule has 0 N–H and O–H groups in total. The van der Waals surface area contributed by atoms with Gasteiger partial charge < -0.3 is 9.90 Å². The van der Waals surface area contributed by atoms with Crippen molar-refractivity contribution in [3.8, 4) is 23.7 Å². The maximum Gasteiger partial charge on any atom is 0.117 e. The number of carboxylic acid groups (broad SMARTS) is 1. The molecule has 0 aliphatic carbocycles. The molecule has 0 aromatic heterocycles. The van der Waals surface area contributed by atoms with Gasteiger partial charge in [0.2, 0.25) is 0 Å². The molecule has 14 heavy (non-hydrogen) atoms. The normalized spacial score (nSPS) is 8.07. The lowest BCUT2D eigenvalue weighted by Crippen LogP contribution is -2.19. The summed E-state index contributed by atoms with van der Waals surface area (Å²) in [4.78, 5) is 9.85. The zero-order valence-corrected chi connectivity index (χ0v) is 8.56. The van der Waals surface area contributed by atoms with Crippen LogP contribution in [-0.2, 0) is 4.79 Å². The first-order valence-electron chi connectivity index (χ1n) is 4.97. The molecule has 0 fully saturated rings. The third-order valence-corrected chi connectivity index (χ3v) is 1.72. The highest BCUT2D eigenvalue weighted by atomic mass is 16.4. The van der Waals surface area contributed by atoms with E-state index in [-0.39, 0.29) is 0 Å². The number of hydrogen-bond donors (Lipinski definition) is 0. The molecule has 2 heteroatoms. The Morgan fingerprint density at radius 2 is 1.86 bits per heavy atom. The molecule has 0 bridgehead atoms. The Morgan fingerprint density at radius 3 is 2.50 bits per heavy atom. The highest BCUT2D eigenvalue weighted by Crippen LogP contribution is 2.03. The summed E-state index contributed by atoms with van der Waals surface area (Å²) in [7, 11) is 0. The highest BCUT2D eigenvalue weighted by molar-refractivity contribution is 5.85. The van der Waals surface area contributed by atoms with E-state index in [1.807, 2.05) is 5.92 Å². The van der Waals surface area contributed by atoms with Crippen molar-refractivity contribution in [3.63, 3.8) is 0 Å². The van der Waals surface area contributed by atoms with Crippen LogP contribution in [0.1, 0.15) is 45.4 Å². The minimum atomic E-state index is -1.37. The molecule has 0 rings (SSSR count). The summed E-state index contributed by atoms with van der Waals surface area (Å²) < 4.78 is 0. The Kier molecular flexibility index (Phi) is 8.70. The number of carbonyl (C=O) groups excluding carboxylic acids is 1. The number of carbonyl (C=O) groups is 1. The monoisotopic (exact) mass is 191 g/mol. The van der Waals surface area contributed by atoms with Crippen LogP contribution in [0.5, 0.6) is 0 Å². The van der Waals surface area contributed by atoms with E-state index in [9.17, 15) is 9.90 Å². The number of unbranched alkanes of at least 4 members (excludes halogenated alkanes) is 5. The van der Waals surface area contributed by atoms with E-state index in [1.165, 1.54) is 25.7 Å². The molecule has 0 saturated heterocycles. The van der Waals surface area contributed by atoms with Crippen LogP contribution in [0.4, 0.5) is 0 Å². The van der Waals surface area contributed by atoms with Crippen LogP contribution in [0.15, 0.2) is 0 Å². The molecular weight excluding hydrogens is 176 g/mol. The summed E-state index contributed by atoms with van der Waals surface area (Å²) in [5.74, 6) is 7.96.